The fraction of sp³-hybridized carbons (Fsp3) is 0.857. The van der Waals surface area contributed by atoms with E-state index in [2.05, 4.69) is 0 Å². The Hall–Kier alpha value is -0.270. The number of aliphatic carboxylic acids is 1. The Morgan fingerprint density at radius 1 is 1.50 bits per heavy atom. The molecule has 0 saturated carbocycles. The first-order valence-electron chi connectivity index (χ1n) is 4.08. The zero-order valence-corrected chi connectivity index (χ0v) is 9.21. The number of carboxylic acid groups (broad SMARTS) is 1. The van der Waals surface area contributed by atoms with Crippen molar-refractivity contribution in [2.45, 2.75) is 23.5 Å². The van der Waals surface area contributed by atoms with Crippen LogP contribution in [0.1, 0.15) is 6.92 Å². The largest absolute Gasteiger partial charge is 0.480 e. The molecule has 3 atom stereocenters. The topological polar surface area (TPSA) is 91.7 Å². The Balaban J connectivity index is 2.59. The molecular weight excluding hydrogens is 228 g/mol. The normalized spacial score (nSPS) is 32.7. The molecule has 0 aromatic carbocycles. The minimum absolute atomic E-state index is 0.129. The van der Waals surface area contributed by atoms with Gasteiger partial charge >= 0.3 is 5.97 Å². The Labute approximate surface area is 86.4 Å². The van der Waals surface area contributed by atoms with Gasteiger partial charge < -0.3 is 10.2 Å². The van der Waals surface area contributed by atoms with E-state index in [0.29, 0.717) is 0 Å². The first-order valence-corrected chi connectivity index (χ1v) is 6.85. The van der Waals surface area contributed by atoms with E-state index in [4.69, 9.17) is 5.11 Å². The van der Waals surface area contributed by atoms with Crippen LogP contribution in [0.25, 0.3) is 0 Å². The van der Waals surface area contributed by atoms with Crippen molar-refractivity contribution in [2.75, 3.05) is 11.5 Å². The van der Waals surface area contributed by atoms with Crippen molar-refractivity contribution in [3.63, 3.8) is 0 Å². The number of hydrogen-bond donors (Lipinski definition) is 2. The van der Waals surface area contributed by atoms with E-state index in [9.17, 15) is 18.3 Å². The Bertz CT molecular complexity index is 323. The third kappa shape index (κ3) is 2.86. The third-order valence-corrected chi connectivity index (χ3v) is 5.37. The SMILES string of the molecule is CC(SC1CS(=O)(=O)CC1O)C(=O)O. The molecule has 0 bridgehead atoms. The summed E-state index contributed by atoms with van der Waals surface area (Å²) in [6, 6.07) is 0. The summed E-state index contributed by atoms with van der Waals surface area (Å²) in [6.07, 6.45) is -0.938. The van der Waals surface area contributed by atoms with Gasteiger partial charge in [0, 0.05) is 5.25 Å². The molecule has 0 amide bonds. The van der Waals surface area contributed by atoms with E-state index in [0.717, 1.165) is 11.8 Å². The van der Waals surface area contributed by atoms with Crippen LogP contribution in [0.4, 0.5) is 0 Å². The van der Waals surface area contributed by atoms with Gasteiger partial charge in [0.2, 0.25) is 0 Å². The predicted octanol–water partition coefficient (Wildman–Crippen LogP) is -0.649. The van der Waals surface area contributed by atoms with Crippen LogP contribution in [0.2, 0.25) is 0 Å². The van der Waals surface area contributed by atoms with Gasteiger partial charge in [-0.05, 0) is 6.92 Å². The van der Waals surface area contributed by atoms with E-state index in [1.807, 2.05) is 0 Å². The van der Waals surface area contributed by atoms with Gasteiger partial charge in [0.05, 0.1) is 22.9 Å². The summed E-state index contributed by atoms with van der Waals surface area (Å²) in [7, 11) is -3.18. The fourth-order valence-corrected chi connectivity index (χ4v) is 4.84. The Kier molecular flexibility index (Phi) is 3.44. The summed E-state index contributed by atoms with van der Waals surface area (Å²) in [5, 5.41) is 16.8. The van der Waals surface area contributed by atoms with E-state index in [-0.39, 0.29) is 11.5 Å². The zero-order valence-electron chi connectivity index (χ0n) is 7.58. The van der Waals surface area contributed by atoms with E-state index in [1.54, 1.807) is 0 Å². The highest BCUT2D eigenvalue weighted by Gasteiger charge is 2.38. The highest BCUT2D eigenvalue weighted by atomic mass is 32.2. The second kappa shape index (κ2) is 4.08. The van der Waals surface area contributed by atoms with Crippen LogP contribution in [0, 0.1) is 0 Å². The molecule has 82 valence electrons. The lowest BCUT2D eigenvalue weighted by atomic mass is 10.3. The minimum atomic E-state index is -3.18. The first kappa shape index (κ1) is 11.8. The van der Waals surface area contributed by atoms with Crippen LogP contribution >= 0.6 is 11.8 Å². The molecular formula is C7H12O5S2. The molecule has 1 rings (SSSR count). The van der Waals surface area contributed by atoms with Crippen molar-refractivity contribution >= 4 is 27.6 Å². The quantitative estimate of drug-likeness (QED) is 0.681. The van der Waals surface area contributed by atoms with Crippen LogP contribution in [0.15, 0.2) is 0 Å². The van der Waals surface area contributed by atoms with Crippen molar-refractivity contribution in [1.29, 1.82) is 0 Å². The van der Waals surface area contributed by atoms with Crippen LogP contribution in [0.3, 0.4) is 0 Å². The average Bonchev–Trinajstić information content (AvgIpc) is 2.24. The second-order valence-electron chi connectivity index (χ2n) is 3.30. The second-order valence-corrected chi connectivity index (χ2v) is 7.04. The van der Waals surface area contributed by atoms with Crippen LogP contribution in [-0.2, 0) is 14.6 Å². The molecule has 1 aliphatic rings. The number of carbonyl (C=O) groups is 1. The smallest absolute Gasteiger partial charge is 0.316 e. The summed E-state index contributed by atoms with van der Waals surface area (Å²) < 4.78 is 22.2. The molecule has 14 heavy (non-hydrogen) atoms. The molecule has 1 aliphatic heterocycles. The van der Waals surface area contributed by atoms with Crippen molar-refractivity contribution in [3.05, 3.63) is 0 Å². The number of thioether (sulfide) groups is 1. The molecule has 0 aliphatic carbocycles. The summed E-state index contributed by atoms with van der Waals surface area (Å²) in [5.41, 5.74) is 0. The van der Waals surface area contributed by atoms with Gasteiger partial charge in [-0.25, -0.2) is 8.42 Å². The molecule has 0 spiro atoms. The lowest BCUT2D eigenvalue weighted by Gasteiger charge is -2.14. The molecule has 1 heterocycles. The average molecular weight is 240 g/mol. The lowest BCUT2D eigenvalue weighted by Crippen LogP contribution is -2.25. The molecule has 1 saturated heterocycles. The molecule has 0 radical (unpaired) electrons. The van der Waals surface area contributed by atoms with Crippen molar-refractivity contribution in [1.82, 2.24) is 0 Å². The predicted molar refractivity (Wildman–Crippen MR) is 53.1 cm³/mol. The molecule has 3 unspecified atom stereocenters. The summed E-state index contributed by atoms with van der Waals surface area (Å²) in [5.74, 6) is -1.38. The molecule has 7 heteroatoms. The lowest BCUT2D eigenvalue weighted by molar-refractivity contribution is -0.136. The molecule has 2 N–H and O–H groups in total. The number of rotatable bonds is 3. The Morgan fingerprint density at radius 2 is 2.07 bits per heavy atom. The molecule has 0 aromatic rings. The van der Waals surface area contributed by atoms with Gasteiger partial charge in [0.15, 0.2) is 9.84 Å². The van der Waals surface area contributed by atoms with Gasteiger partial charge in [-0.1, -0.05) is 0 Å². The van der Waals surface area contributed by atoms with E-state index in [1.165, 1.54) is 6.92 Å². The van der Waals surface area contributed by atoms with Crippen LogP contribution in [0.5, 0.6) is 0 Å². The minimum Gasteiger partial charge on any atom is -0.480 e. The maximum atomic E-state index is 11.1. The van der Waals surface area contributed by atoms with Gasteiger partial charge in [-0.15, -0.1) is 11.8 Å². The van der Waals surface area contributed by atoms with Crippen molar-refractivity contribution < 1.29 is 23.4 Å². The van der Waals surface area contributed by atoms with Crippen LogP contribution in [-0.4, -0.2) is 52.7 Å². The maximum absolute atomic E-state index is 11.1. The van der Waals surface area contributed by atoms with E-state index < -0.39 is 32.4 Å². The number of aliphatic hydroxyl groups is 1. The molecule has 5 nitrogen and oxygen atoms in total. The molecule has 0 aromatic heterocycles. The third-order valence-electron chi connectivity index (χ3n) is 2.00. The highest BCUT2D eigenvalue weighted by Crippen LogP contribution is 2.28. The summed E-state index contributed by atoms with van der Waals surface area (Å²) >= 11 is 0.997. The number of carboxylic acids is 1. The summed E-state index contributed by atoms with van der Waals surface area (Å²) in [6.45, 7) is 1.48. The maximum Gasteiger partial charge on any atom is 0.316 e. The van der Waals surface area contributed by atoms with Gasteiger partial charge in [0.25, 0.3) is 0 Å². The highest BCUT2D eigenvalue weighted by molar-refractivity contribution is 8.03. The van der Waals surface area contributed by atoms with Gasteiger partial charge in [0.1, 0.15) is 0 Å². The van der Waals surface area contributed by atoms with Gasteiger partial charge in [-0.3, -0.25) is 4.79 Å². The van der Waals surface area contributed by atoms with Crippen LogP contribution < -0.4 is 0 Å². The number of hydrogen-bond acceptors (Lipinski definition) is 5. The van der Waals surface area contributed by atoms with Gasteiger partial charge in [-0.2, -0.15) is 0 Å². The molecule has 1 fully saturated rings. The standard InChI is InChI=1S/C7H12O5S2/c1-4(7(9)10)13-6-3-14(11,12)2-5(6)8/h4-6,8H,2-3H2,1H3,(H,9,10). The fourth-order valence-electron chi connectivity index (χ4n) is 1.25. The number of aliphatic hydroxyl groups excluding tert-OH is 1. The zero-order chi connectivity index (χ0) is 10.9. The Morgan fingerprint density at radius 3 is 2.43 bits per heavy atom. The monoisotopic (exact) mass is 240 g/mol. The van der Waals surface area contributed by atoms with E-state index >= 15 is 0 Å². The first-order chi connectivity index (χ1) is 6.32. The number of sulfone groups is 1. The van der Waals surface area contributed by atoms with Crippen molar-refractivity contribution in [2.24, 2.45) is 0 Å². The summed E-state index contributed by atoms with van der Waals surface area (Å²) in [4.78, 5) is 10.5. The van der Waals surface area contributed by atoms with Crippen molar-refractivity contribution in [3.8, 4) is 0 Å².